The van der Waals surface area contributed by atoms with Gasteiger partial charge in [0.15, 0.2) is 0 Å². The van der Waals surface area contributed by atoms with Crippen molar-refractivity contribution in [3.8, 4) is 0 Å². The molecule has 2 aliphatic carbocycles. The second kappa shape index (κ2) is 5.73. The summed E-state index contributed by atoms with van der Waals surface area (Å²) in [6.07, 6.45) is 8.04. The molecule has 0 aliphatic heterocycles. The van der Waals surface area contributed by atoms with Gasteiger partial charge in [0.05, 0.1) is 6.10 Å². The summed E-state index contributed by atoms with van der Waals surface area (Å²) in [5.41, 5.74) is 0.422. The van der Waals surface area contributed by atoms with Crippen molar-refractivity contribution in [2.75, 3.05) is 6.61 Å². The summed E-state index contributed by atoms with van der Waals surface area (Å²) in [6.45, 7) is 7.81. The number of hydrogen-bond donors (Lipinski definition) is 0. The fourth-order valence-electron chi connectivity index (χ4n) is 3.96. The monoisotopic (exact) mass is 252 g/mol. The van der Waals surface area contributed by atoms with Crippen LogP contribution in [0.1, 0.15) is 65.7 Å². The topological polar surface area (TPSA) is 26.3 Å². The Morgan fingerprint density at radius 1 is 1.33 bits per heavy atom. The molecule has 0 aromatic heterocycles. The van der Waals surface area contributed by atoms with Gasteiger partial charge in [0.1, 0.15) is 5.78 Å². The van der Waals surface area contributed by atoms with Crippen LogP contribution in [-0.4, -0.2) is 18.5 Å². The third-order valence-corrected chi connectivity index (χ3v) is 4.60. The maximum absolute atomic E-state index is 11.6. The molecule has 2 fully saturated rings. The molecule has 0 amide bonds. The third kappa shape index (κ3) is 3.81. The van der Waals surface area contributed by atoms with Crippen molar-refractivity contribution in [3.63, 3.8) is 0 Å². The van der Waals surface area contributed by atoms with E-state index < -0.39 is 0 Å². The zero-order chi connectivity index (χ0) is 13.2. The van der Waals surface area contributed by atoms with Crippen LogP contribution in [0.25, 0.3) is 0 Å². The molecule has 2 rings (SSSR count). The molecule has 3 unspecified atom stereocenters. The van der Waals surface area contributed by atoms with Crippen molar-refractivity contribution in [2.24, 2.45) is 17.3 Å². The lowest BCUT2D eigenvalue weighted by Crippen LogP contribution is -2.33. The highest BCUT2D eigenvalue weighted by Crippen LogP contribution is 2.39. The van der Waals surface area contributed by atoms with Crippen LogP contribution < -0.4 is 0 Å². The zero-order valence-corrected chi connectivity index (χ0v) is 12.2. The summed E-state index contributed by atoms with van der Waals surface area (Å²) in [6, 6.07) is 0. The van der Waals surface area contributed by atoms with Gasteiger partial charge >= 0.3 is 0 Å². The van der Waals surface area contributed by atoms with E-state index in [0.29, 0.717) is 23.2 Å². The van der Waals surface area contributed by atoms with Gasteiger partial charge in [-0.15, -0.1) is 0 Å². The summed E-state index contributed by atoms with van der Waals surface area (Å²) in [7, 11) is 0. The van der Waals surface area contributed by atoms with Crippen LogP contribution in [0.15, 0.2) is 0 Å². The molecule has 0 spiro atoms. The van der Waals surface area contributed by atoms with Gasteiger partial charge in [0.2, 0.25) is 0 Å². The van der Waals surface area contributed by atoms with Crippen LogP contribution in [-0.2, 0) is 9.53 Å². The number of rotatable bonds is 4. The second-order valence-electron chi connectivity index (χ2n) is 7.25. The molecule has 0 radical (unpaired) electrons. The zero-order valence-electron chi connectivity index (χ0n) is 12.2. The van der Waals surface area contributed by atoms with Gasteiger partial charge in [-0.2, -0.15) is 0 Å². The summed E-state index contributed by atoms with van der Waals surface area (Å²) in [4.78, 5) is 11.6. The van der Waals surface area contributed by atoms with Gasteiger partial charge < -0.3 is 4.74 Å². The number of ether oxygens (including phenoxy) is 1. The van der Waals surface area contributed by atoms with Gasteiger partial charge in [-0.25, -0.2) is 0 Å². The van der Waals surface area contributed by atoms with Crippen LogP contribution in [0.4, 0.5) is 0 Å². The van der Waals surface area contributed by atoms with Crippen LogP contribution in [0.3, 0.4) is 0 Å². The molecule has 2 heteroatoms. The van der Waals surface area contributed by atoms with E-state index in [-0.39, 0.29) is 0 Å². The quantitative estimate of drug-likeness (QED) is 0.756. The van der Waals surface area contributed by atoms with Gasteiger partial charge in [-0.1, -0.05) is 20.8 Å². The van der Waals surface area contributed by atoms with Crippen LogP contribution in [0.2, 0.25) is 0 Å². The summed E-state index contributed by atoms with van der Waals surface area (Å²) < 4.78 is 6.05. The van der Waals surface area contributed by atoms with Crippen LogP contribution in [0, 0.1) is 17.3 Å². The molecule has 0 aromatic rings. The van der Waals surface area contributed by atoms with Crippen molar-refractivity contribution in [2.45, 2.75) is 71.8 Å². The summed E-state index contributed by atoms with van der Waals surface area (Å²) in [5, 5.41) is 0. The average molecular weight is 252 g/mol. The lowest BCUT2D eigenvalue weighted by atomic mass is 9.71. The first-order valence-corrected chi connectivity index (χ1v) is 7.60. The maximum atomic E-state index is 11.6. The molecule has 0 saturated heterocycles. The van der Waals surface area contributed by atoms with Crippen molar-refractivity contribution >= 4 is 5.78 Å². The van der Waals surface area contributed by atoms with Crippen molar-refractivity contribution < 1.29 is 9.53 Å². The van der Waals surface area contributed by atoms with Gasteiger partial charge in [0, 0.05) is 18.9 Å². The number of hydrogen-bond acceptors (Lipinski definition) is 2. The van der Waals surface area contributed by atoms with Crippen LogP contribution in [0.5, 0.6) is 0 Å². The molecule has 2 nitrogen and oxygen atoms in total. The van der Waals surface area contributed by atoms with Gasteiger partial charge in [-0.05, 0) is 49.9 Å². The first kappa shape index (κ1) is 14.0. The highest BCUT2D eigenvalue weighted by Gasteiger charge is 2.32. The minimum absolute atomic E-state index is 0.305. The maximum Gasteiger partial charge on any atom is 0.136 e. The molecule has 2 aliphatic rings. The fourth-order valence-corrected chi connectivity index (χ4v) is 3.96. The molecule has 0 heterocycles. The number of ketones is 1. The van der Waals surface area contributed by atoms with E-state index in [1.807, 2.05) is 0 Å². The number of carbonyl (C=O) groups is 1. The Kier molecular flexibility index (Phi) is 4.47. The molecule has 0 aromatic carbocycles. The Hall–Kier alpha value is -0.370. The smallest absolute Gasteiger partial charge is 0.136 e. The molecule has 18 heavy (non-hydrogen) atoms. The first-order chi connectivity index (χ1) is 8.46. The normalized spacial score (nSPS) is 35.9. The van der Waals surface area contributed by atoms with Gasteiger partial charge in [0.25, 0.3) is 0 Å². The Bertz CT molecular complexity index is 295. The highest BCUT2D eigenvalue weighted by atomic mass is 16.5. The SMILES string of the molecule is CC1CC(OCCC2CCCC2=O)CC(C)(C)C1. The van der Waals surface area contributed by atoms with Crippen molar-refractivity contribution in [3.05, 3.63) is 0 Å². The Morgan fingerprint density at radius 3 is 2.72 bits per heavy atom. The summed E-state index contributed by atoms with van der Waals surface area (Å²) >= 11 is 0. The third-order valence-electron chi connectivity index (χ3n) is 4.60. The average Bonchev–Trinajstić information content (AvgIpc) is 2.61. The minimum Gasteiger partial charge on any atom is -0.378 e. The largest absolute Gasteiger partial charge is 0.378 e. The number of Topliss-reactive ketones (excluding diaryl/α,β-unsaturated/α-hetero) is 1. The Balaban J connectivity index is 1.71. The lowest BCUT2D eigenvalue weighted by molar-refractivity contribution is -0.121. The van der Waals surface area contributed by atoms with E-state index in [1.165, 1.54) is 19.3 Å². The molecule has 2 saturated carbocycles. The molecular formula is C16H28O2. The Labute approximate surface area is 111 Å². The highest BCUT2D eigenvalue weighted by molar-refractivity contribution is 5.82. The standard InChI is InChI=1S/C16H28O2/c1-12-9-14(11-16(2,3)10-12)18-8-7-13-5-4-6-15(13)17/h12-14H,4-11H2,1-3H3. The molecule has 3 atom stereocenters. The summed E-state index contributed by atoms with van der Waals surface area (Å²) in [5.74, 6) is 1.54. The predicted molar refractivity (Wildman–Crippen MR) is 73.5 cm³/mol. The van der Waals surface area contributed by atoms with E-state index in [1.54, 1.807) is 0 Å². The predicted octanol–water partition coefficient (Wildman–Crippen LogP) is 3.98. The number of carbonyl (C=O) groups excluding carboxylic acids is 1. The molecule has 104 valence electrons. The second-order valence-corrected chi connectivity index (χ2v) is 7.25. The van der Waals surface area contributed by atoms with Crippen molar-refractivity contribution in [1.29, 1.82) is 0 Å². The Morgan fingerprint density at radius 2 is 2.11 bits per heavy atom. The lowest BCUT2D eigenvalue weighted by Gasteiger charge is -2.38. The fraction of sp³-hybridized carbons (Fsp3) is 0.938. The van der Waals surface area contributed by atoms with E-state index in [4.69, 9.17) is 4.74 Å². The van der Waals surface area contributed by atoms with E-state index in [0.717, 1.165) is 38.2 Å². The molecule has 0 N–H and O–H groups in total. The minimum atomic E-state index is 0.305. The van der Waals surface area contributed by atoms with E-state index >= 15 is 0 Å². The molecule has 0 bridgehead atoms. The molecular weight excluding hydrogens is 224 g/mol. The van der Waals surface area contributed by atoms with E-state index in [9.17, 15) is 4.79 Å². The van der Waals surface area contributed by atoms with Crippen LogP contribution >= 0.6 is 0 Å². The van der Waals surface area contributed by atoms with Gasteiger partial charge in [-0.3, -0.25) is 4.79 Å². The van der Waals surface area contributed by atoms with E-state index in [2.05, 4.69) is 20.8 Å². The van der Waals surface area contributed by atoms with Crippen molar-refractivity contribution in [1.82, 2.24) is 0 Å². The first-order valence-electron chi connectivity index (χ1n) is 7.60.